The van der Waals surface area contributed by atoms with Gasteiger partial charge in [-0.1, -0.05) is 0 Å². The van der Waals surface area contributed by atoms with Gasteiger partial charge < -0.3 is 15.5 Å². The summed E-state index contributed by atoms with van der Waals surface area (Å²) in [6.45, 7) is 5.98. The van der Waals surface area contributed by atoms with Gasteiger partial charge in [0.1, 0.15) is 11.7 Å². The molecule has 0 radical (unpaired) electrons. The number of hydrogen-bond donors (Lipinski definition) is 1. The number of carbonyl (C=O) groups excluding carboxylic acids is 1. The summed E-state index contributed by atoms with van der Waals surface area (Å²) < 4.78 is 0. The zero-order valence-electron chi connectivity index (χ0n) is 13.7. The summed E-state index contributed by atoms with van der Waals surface area (Å²) >= 11 is 0. The second-order valence-electron chi connectivity index (χ2n) is 5.94. The first-order chi connectivity index (χ1) is 10.9. The highest BCUT2D eigenvalue weighted by atomic mass is 16.2. The van der Waals surface area contributed by atoms with E-state index in [0.717, 1.165) is 11.4 Å². The molecule has 0 aliphatic carbocycles. The number of anilines is 3. The molecule has 0 fully saturated rings. The molecule has 7 heteroatoms. The molecule has 3 heterocycles. The third-order valence-corrected chi connectivity index (χ3v) is 4.11. The van der Waals surface area contributed by atoms with Crippen molar-refractivity contribution in [2.75, 3.05) is 22.6 Å². The minimum atomic E-state index is -0.273. The van der Waals surface area contributed by atoms with E-state index in [1.54, 1.807) is 36.6 Å². The standard InChI is InChI=1S/C16H20N6O/c1-9(2)22-10(3)16(23)21(4)13-8-19-14(20-15(13)22)11-5-6-18-7-12(11)17/h5-10H,17H2,1-4H3/t10-/m1/s1. The Kier molecular flexibility index (Phi) is 3.63. The molecule has 0 saturated heterocycles. The molecule has 2 N–H and O–H groups in total. The van der Waals surface area contributed by atoms with Crippen LogP contribution in [0.2, 0.25) is 0 Å². The summed E-state index contributed by atoms with van der Waals surface area (Å²) in [6.07, 6.45) is 4.92. The van der Waals surface area contributed by atoms with Crippen LogP contribution in [-0.2, 0) is 4.79 Å². The molecule has 2 aromatic rings. The number of hydrogen-bond acceptors (Lipinski definition) is 6. The Bertz CT molecular complexity index is 760. The first-order valence-corrected chi connectivity index (χ1v) is 7.54. The molecule has 2 aromatic heterocycles. The molecular formula is C16H20N6O. The van der Waals surface area contributed by atoms with Crippen molar-refractivity contribution in [3.05, 3.63) is 24.7 Å². The summed E-state index contributed by atoms with van der Waals surface area (Å²) in [6, 6.07) is 1.65. The second-order valence-corrected chi connectivity index (χ2v) is 5.94. The maximum atomic E-state index is 12.4. The average molecular weight is 312 g/mol. The van der Waals surface area contributed by atoms with Crippen LogP contribution in [0.1, 0.15) is 20.8 Å². The average Bonchev–Trinajstić information content (AvgIpc) is 2.52. The van der Waals surface area contributed by atoms with Crippen molar-refractivity contribution in [1.29, 1.82) is 0 Å². The molecule has 1 aliphatic heterocycles. The number of carbonyl (C=O) groups is 1. The molecule has 1 atom stereocenters. The predicted molar refractivity (Wildman–Crippen MR) is 90.2 cm³/mol. The van der Waals surface area contributed by atoms with Crippen molar-refractivity contribution in [2.24, 2.45) is 0 Å². The smallest absolute Gasteiger partial charge is 0.249 e. The largest absolute Gasteiger partial charge is 0.397 e. The molecule has 0 bridgehead atoms. The fourth-order valence-corrected chi connectivity index (χ4v) is 2.93. The molecular weight excluding hydrogens is 292 g/mol. The van der Waals surface area contributed by atoms with Crippen molar-refractivity contribution in [1.82, 2.24) is 15.0 Å². The predicted octanol–water partition coefficient (Wildman–Crippen LogP) is 1.70. The zero-order chi connectivity index (χ0) is 16.7. The van der Waals surface area contributed by atoms with Gasteiger partial charge >= 0.3 is 0 Å². The van der Waals surface area contributed by atoms with Gasteiger partial charge in [0.05, 0.1) is 18.1 Å². The van der Waals surface area contributed by atoms with Crippen LogP contribution in [0.5, 0.6) is 0 Å². The lowest BCUT2D eigenvalue weighted by molar-refractivity contribution is -0.119. The normalized spacial score (nSPS) is 17.6. The molecule has 3 rings (SSSR count). The van der Waals surface area contributed by atoms with Crippen LogP contribution in [0.3, 0.4) is 0 Å². The molecule has 23 heavy (non-hydrogen) atoms. The van der Waals surface area contributed by atoms with Crippen molar-refractivity contribution >= 4 is 23.1 Å². The van der Waals surface area contributed by atoms with Crippen LogP contribution < -0.4 is 15.5 Å². The molecule has 120 valence electrons. The number of rotatable bonds is 2. The van der Waals surface area contributed by atoms with E-state index in [1.165, 1.54) is 0 Å². The van der Waals surface area contributed by atoms with E-state index < -0.39 is 0 Å². The summed E-state index contributed by atoms with van der Waals surface area (Å²) in [4.78, 5) is 29.1. The Labute approximate surface area is 135 Å². The number of nitrogens with two attached hydrogens (primary N) is 1. The van der Waals surface area contributed by atoms with Crippen LogP contribution in [0.25, 0.3) is 11.4 Å². The van der Waals surface area contributed by atoms with Crippen molar-refractivity contribution in [3.63, 3.8) is 0 Å². The second kappa shape index (κ2) is 5.49. The monoisotopic (exact) mass is 312 g/mol. The van der Waals surface area contributed by atoms with Crippen LogP contribution in [-0.4, -0.2) is 40.0 Å². The SMILES string of the molecule is CC(C)N1c2nc(-c3ccncc3N)ncc2N(C)C(=O)[C@H]1C. The summed E-state index contributed by atoms with van der Waals surface area (Å²) in [5, 5.41) is 0. The number of nitrogens with zero attached hydrogens (tertiary/aromatic N) is 5. The first-order valence-electron chi connectivity index (χ1n) is 7.54. The van der Waals surface area contributed by atoms with Gasteiger partial charge in [-0.25, -0.2) is 9.97 Å². The fourth-order valence-electron chi connectivity index (χ4n) is 2.93. The lowest BCUT2D eigenvalue weighted by atomic mass is 10.1. The number of likely N-dealkylation sites (N-methyl/N-ethyl adjacent to an activating group) is 1. The van der Waals surface area contributed by atoms with E-state index in [4.69, 9.17) is 10.7 Å². The van der Waals surface area contributed by atoms with Crippen LogP contribution in [0.15, 0.2) is 24.7 Å². The van der Waals surface area contributed by atoms with Gasteiger partial charge in [-0.2, -0.15) is 0 Å². The topological polar surface area (TPSA) is 88.2 Å². The molecule has 7 nitrogen and oxygen atoms in total. The summed E-state index contributed by atoms with van der Waals surface area (Å²) in [7, 11) is 1.75. The number of nitrogen functional groups attached to an aromatic ring is 1. The molecule has 1 aliphatic rings. The van der Waals surface area contributed by atoms with E-state index in [0.29, 0.717) is 17.2 Å². The van der Waals surface area contributed by atoms with Gasteiger partial charge in [0.25, 0.3) is 0 Å². The number of amides is 1. The van der Waals surface area contributed by atoms with E-state index in [2.05, 4.69) is 9.97 Å². The molecule has 0 aromatic carbocycles. The van der Waals surface area contributed by atoms with Gasteiger partial charge in [0.15, 0.2) is 11.6 Å². The number of aromatic nitrogens is 3. The maximum Gasteiger partial charge on any atom is 0.249 e. The number of fused-ring (bicyclic) bond motifs is 1. The van der Waals surface area contributed by atoms with Gasteiger partial charge in [-0.05, 0) is 26.8 Å². The van der Waals surface area contributed by atoms with E-state index in [9.17, 15) is 4.79 Å². The lowest BCUT2D eigenvalue weighted by Crippen LogP contribution is -2.53. The Balaban J connectivity index is 2.18. The van der Waals surface area contributed by atoms with Crippen molar-refractivity contribution in [2.45, 2.75) is 32.9 Å². The van der Waals surface area contributed by atoms with Gasteiger partial charge in [-0.3, -0.25) is 9.78 Å². The van der Waals surface area contributed by atoms with Gasteiger partial charge in [0, 0.05) is 24.8 Å². The van der Waals surface area contributed by atoms with E-state index >= 15 is 0 Å². The third kappa shape index (κ3) is 2.38. The lowest BCUT2D eigenvalue weighted by Gasteiger charge is -2.41. The maximum absolute atomic E-state index is 12.4. The van der Waals surface area contributed by atoms with Crippen molar-refractivity contribution in [3.8, 4) is 11.4 Å². The quantitative estimate of drug-likeness (QED) is 0.908. The third-order valence-electron chi connectivity index (χ3n) is 4.11. The highest BCUT2D eigenvalue weighted by molar-refractivity contribution is 6.04. The molecule has 1 amide bonds. The summed E-state index contributed by atoms with van der Waals surface area (Å²) in [5.74, 6) is 1.31. The Morgan fingerprint density at radius 1 is 1.30 bits per heavy atom. The molecule has 0 spiro atoms. The van der Waals surface area contributed by atoms with Gasteiger partial charge in [-0.15, -0.1) is 0 Å². The van der Waals surface area contributed by atoms with Crippen LogP contribution in [0, 0.1) is 0 Å². The van der Waals surface area contributed by atoms with Crippen LogP contribution in [0.4, 0.5) is 17.2 Å². The molecule has 0 saturated carbocycles. The molecule has 0 unspecified atom stereocenters. The minimum Gasteiger partial charge on any atom is -0.397 e. The van der Waals surface area contributed by atoms with Crippen LogP contribution >= 0.6 is 0 Å². The zero-order valence-corrected chi connectivity index (χ0v) is 13.7. The van der Waals surface area contributed by atoms with E-state index in [1.807, 2.05) is 25.7 Å². The number of pyridine rings is 1. The minimum absolute atomic E-state index is 0.0333. The van der Waals surface area contributed by atoms with Gasteiger partial charge in [0.2, 0.25) is 5.91 Å². The Morgan fingerprint density at radius 3 is 2.70 bits per heavy atom. The van der Waals surface area contributed by atoms with E-state index in [-0.39, 0.29) is 18.0 Å². The fraction of sp³-hybridized carbons (Fsp3) is 0.375. The highest BCUT2D eigenvalue weighted by Gasteiger charge is 2.36. The highest BCUT2D eigenvalue weighted by Crippen LogP contribution is 2.36. The first kappa shape index (κ1) is 15.2. The Morgan fingerprint density at radius 2 is 2.04 bits per heavy atom. The summed E-state index contributed by atoms with van der Waals surface area (Å²) in [5.41, 5.74) is 7.95. The Hall–Kier alpha value is -2.70. The van der Waals surface area contributed by atoms with Crippen molar-refractivity contribution < 1.29 is 4.79 Å².